The summed E-state index contributed by atoms with van der Waals surface area (Å²) in [6.45, 7) is 1.18. The minimum absolute atomic E-state index is 0.201. The van der Waals surface area contributed by atoms with Gasteiger partial charge < -0.3 is 9.88 Å². The molecule has 10 heteroatoms. The van der Waals surface area contributed by atoms with Crippen LogP contribution in [0.15, 0.2) is 85.5 Å². The summed E-state index contributed by atoms with van der Waals surface area (Å²) in [7, 11) is 0. The Balaban J connectivity index is 1.45. The Morgan fingerprint density at radius 3 is 2.44 bits per heavy atom. The first kappa shape index (κ1) is 23.3. The highest BCUT2D eigenvalue weighted by Gasteiger charge is 2.30. The van der Waals surface area contributed by atoms with Crippen molar-refractivity contribution in [2.75, 3.05) is 6.54 Å². The number of imidazole rings is 1. The predicted octanol–water partition coefficient (Wildman–Crippen LogP) is 5.10. The predicted molar refractivity (Wildman–Crippen MR) is 128 cm³/mol. The molecule has 5 aromatic rings. The van der Waals surface area contributed by atoms with Gasteiger partial charge >= 0.3 is 6.18 Å². The van der Waals surface area contributed by atoms with Crippen molar-refractivity contribution in [1.29, 1.82) is 0 Å². The third kappa shape index (κ3) is 4.97. The van der Waals surface area contributed by atoms with Gasteiger partial charge in [0.05, 0.1) is 23.3 Å². The van der Waals surface area contributed by atoms with Crippen LogP contribution in [-0.2, 0) is 12.7 Å². The molecule has 1 amide bonds. The fraction of sp³-hybridized carbons (Fsp3) is 0.154. The maximum Gasteiger partial charge on any atom is 0.416 e. The molecular formula is C26H21F3N6O. The van der Waals surface area contributed by atoms with Gasteiger partial charge in [-0.25, -0.2) is 14.5 Å². The zero-order valence-electron chi connectivity index (χ0n) is 19.0. The van der Waals surface area contributed by atoms with E-state index in [2.05, 4.69) is 20.4 Å². The van der Waals surface area contributed by atoms with E-state index < -0.39 is 11.7 Å². The monoisotopic (exact) mass is 490 g/mol. The van der Waals surface area contributed by atoms with Crippen LogP contribution in [-0.4, -0.2) is 36.6 Å². The van der Waals surface area contributed by atoms with E-state index >= 15 is 0 Å². The number of benzene rings is 2. The highest BCUT2D eigenvalue weighted by atomic mass is 19.4. The number of nitrogens with zero attached hydrogens (tertiary/aromatic N) is 5. The van der Waals surface area contributed by atoms with Crippen molar-refractivity contribution in [3.8, 4) is 22.5 Å². The van der Waals surface area contributed by atoms with Gasteiger partial charge in [-0.1, -0.05) is 42.5 Å². The zero-order chi connectivity index (χ0) is 25.1. The summed E-state index contributed by atoms with van der Waals surface area (Å²) >= 11 is 0. The molecule has 7 nitrogen and oxygen atoms in total. The Morgan fingerprint density at radius 2 is 1.75 bits per heavy atom. The van der Waals surface area contributed by atoms with Crippen molar-refractivity contribution >= 4 is 11.6 Å². The first-order chi connectivity index (χ1) is 17.4. The van der Waals surface area contributed by atoms with Crippen LogP contribution in [0.4, 0.5) is 13.2 Å². The Morgan fingerprint density at radius 1 is 0.972 bits per heavy atom. The van der Waals surface area contributed by atoms with Crippen LogP contribution in [0.2, 0.25) is 0 Å². The van der Waals surface area contributed by atoms with Gasteiger partial charge in [0.15, 0.2) is 11.3 Å². The number of carbonyl (C=O) groups is 1. The van der Waals surface area contributed by atoms with Crippen LogP contribution in [0.1, 0.15) is 22.5 Å². The fourth-order valence-corrected chi connectivity index (χ4v) is 3.85. The molecule has 36 heavy (non-hydrogen) atoms. The van der Waals surface area contributed by atoms with E-state index in [1.807, 2.05) is 41.1 Å². The van der Waals surface area contributed by atoms with E-state index in [1.165, 1.54) is 12.1 Å². The number of fused-ring (bicyclic) bond motifs is 1. The number of halogens is 3. The van der Waals surface area contributed by atoms with Gasteiger partial charge in [-0.05, 0) is 24.6 Å². The number of carbonyl (C=O) groups excluding carboxylic acids is 1. The number of aryl methyl sites for hydroxylation is 1. The van der Waals surface area contributed by atoms with E-state index in [-0.39, 0.29) is 11.6 Å². The Hall–Kier alpha value is -4.47. The molecule has 5 rings (SSSR count). The molecule has 0 unspecified atom stereocenters. The van der Waals surface area contributed by atoms with E-state index in [1.54, 1.807) is 29.2 Å². The van der Waals surface area contributed by atoms with Gasteiger partial charge in [-0.2, -0.15) is 18.3 Å². The average Bonchev–Trinajstić information content (AvgIpc) is 3.56. The molecule has 0 saturated heterocycles. The normalized spacial score (nSPS) is 11.6. The molecule has 0 aliphatic rings. The SMILES string of the molecule is O=C(NCCCn1ccnc1)c1cc2nc(-c3ccc(C(F)(F)F)cc3)cc(-c3ccccc3)n2n1. The number of amides is 1. The molecule has 182 valence electrons. The maximum absolute atomic E-state index is 13.0. The fourth-order valence-electron chi connectivity index (χ4n) is 3.85. The number of nitrogens with one attached hydrogen (secondary N) is 1. The Labute approximate surface area is 204 Å². The molecule has 0 saturated carbocycles. The second-order valence-electron chi connectivity index (χ2n) is 8.18. The number of hydrogen-bond donors (Lipinski definition) is 1. The summed E-state index contributed by atoms with van der Waals surface area (Å²) in [6, 6.07) is 17.6. The van der Waals surface area contributed by atoms with Crippen LogP contribution >= 0.6 is 0 Å². The molecule has 0 radical (unpaired) electrons. The van der Waals surface area contributed by atoms with Gasteiger partial charge in [0.2, 0.25) is 0 Å². The lowest BCUT2D eigenvalue weighted by molar-refractivity contribution is -0.137. The molecule has 0 bridgehead atoms. The smallest absolute Gasteiger partial charge is 0.351 e. The summed E-state index contributed by atoms with van der Waals surface area (Å²) < 4.78 is 42.5. The number of aromatic nitrogens is 5. The molecule has 3 heterocycles. The molecule has 0 aliphatic carbocycles. The molecule has 0 aliphatic heterocycles. The van der Waals surface area contributed by atoms with E-state index in [0.717, 1.165) is 30.7 Å². The molecule has 2 aromatic carbocycles. The highest BCUT2D eigenvalue weighted by Crippen LogP contribution is 2.32. The number of rotatable bonds is 7. The molecule has 0 fully saturated rings. The third-order valence-corrected chi connectivity index (χ3v) is 5.68. The summed E-state index contributed by atoms with van der Waals surface area (Å²) in [5.41, 5.74) is 2.37. The van der Waals surface area contributed by atoms with Crippen LogP contribution in [0, 0.1) is 0 Å². The standard InChI is InChI=1S/C26H21F3N6O/c27-26(28,29)20-9-7-18(8-10-20)21-15-23(19-5-2-1-3-6-19)35-24(32-21)16-22(33-35)25(36)31-11-4-13-34-14-12-30-17-34/h1-3,5-10,12,14-17H,4,11,13H2,(H,31,36). The summed E-state index contributed by atoms with van der Waals surface area (Å²) in [6.07, 6.45) is 1.58. The molecule has 0 spiro atoms. The van der Waals surface area contributed by atoms with Crippen molar-refractivity contribution in [3.63, 3.8) is 0 Å². The van der Waals surface area contributed by atoms with Crippen molar-refractivity contribution < 1.29 is 18.0 Å². The topological polar surface area (TPSA) is 77.1 Å². The second kappa shape index (κ2) is 9.65. The lowest BCUT2D eigenvalue weighted by Crippen LogP contribution is -2.25. The molecule has 0 atom stereocenters. The van der Waals surface area contributed by atoms with Gasteiger partial charge in [0, 0.05) is 42.7 Å². The first-order valence-corrected chi connectivity index (χ1v) is 11.3. The van der Waals surface area contributed by atoms with Gasteiger partial charge in [0.1, 0.15) is 0 Å². The van der Waals surface area contributed by atoms with Crippen LogP contribution < -0.4 is 5.32 Å². The quantitative estimate of drug-likeness (QED) is 0.322. The minimum atomic E-state index is -4.42. The number of alkyl halides is 3. The van der Waals surface area contributed by atoms with Crippen molar-refractivity contribution in [2.45, 2.75) is 19.1 Å². The Bertz CT molecular complexity index is 1480. The second-order valence-corrected chi connectivity index (χ2v) is 8.18. The molecular weight excluding hydrogens is 469 g/mol. The third-order valence-electron chi connectivity index (χ3n) is 5.68. The lowest BCUT2D eigenvalue weighted by atomic mass is 10.1. The summed E-state index contributed by atoms with van der Waals surface area (Å²) in [4.78, 5) is 21.3. The van der Waals surface area contributed by atoms with Crippen molar-refractivity contribution in [2.24, 2.45) is 0 Å². The van der Waals surface area contributed by atoms with Crippen LogP contribution in [0.5, 0.6) is 0 Å². The van der Waals surface area contributed by atoms with E-state index in [0.29, 0.717) is 29.1 Å². The van der Waals surface area contributed by atoms with Crippen LogP contribution in [0.25, 0.3) is 28.2 Å². The maximum atomic E-state index is 13.0. The van der Waals surface area contributed by atoms with Crippen molar-refractivity contribution in [1.82, 2.24) is 29.5 Å². The van der Waals surface area contributed by atoms with E-state index in [4.69, 9.17) is 0 Å². The van der Waals surface area contributed by atoms with Crippen molar-refractivity contribution in [3.05, 3.63) is 96.7 Å². The van der Waals surface area contributed by atoms with Gasteiger partial charge in [-0.3, -0.25) is 4.79 Å². The minimum Gasteiger partial charge on any atom is -0.351 e. The number of hydrogen-bond acceptors (Lipinski definition) is 4. The van der Waals surface area contributed by atoms with E-state index in [9.17, 15) is 18.0 Å². The van der Waals surface area contributed by atoms with Gasteiger partial charge in [0.25, 0.3) is 5.91 Å². The first-order valence-electron chi connectivity index (χ1n) is 11.3. The largest absolute Gasteiger partial charge is 0.416 e. The zero-order valence-corrected chi connectivity index (χ0v) is 19.0. The molecule has 1 N–H and O–H groups in total. The van der Waals surface area contributed by atoms with Crippen LogP contribution in [0.3, 0.4) is 0 Å². The molecule has 3 aromatic heterocycles. The Kier molecular flexibility index (Phi) is 6.24. The van der Waals surface area contributed by atoms with Gasteiger partial charge in [-0.15, -0.1) is 0 Å². The lowest BCUT2D eigenvalue weighted by Gasteiger charge is -2.10. The highest BCUT2D eigenvalue weighted by molar-refractivity contribution is 5.93. The average molecular weight is 490 g/mol. The summed E-state index contributed by atoms with van der Waals surface area (Å²) in [5.74, 6) is -0.332. The summed E-state index contributed by atoms with van der Waals surface area (Å²) in [5, 5.41) is 7.34.